The van der Waals surface area contributed by atoms with Gasteiger partial charge in [-0.1, -0.05) is 28.1 Å². The first-order chi connectivity index (χ1) is 11.4. The second-order valence-corrected chi connectivity index (χ2v) is 9.33. The number of halogens is 1. The molecule has 0 radical (unpaired) electrons. The van der Waals surface area contributed by atoms with E-state index in [1.807, 2.05) is 16.7 Å². The molecule has 7 heteroatoms. The van der Waals surface area contributed by atoms with E-state index < -0.39 is 10.0 Å². The number of fused-ring (bicyclic) bond motifs is 4. The lowest BCUT2D eigenvalue weighted by molar-refractivity contribution is 0.186. The van der Waals surface area contributed by atoms with Gasteiger partial charge in [0.05, 0.1) is 4.90 Å². The molecule has 0 aliphatic carbocycles. The zero-order chi connectivity index (χ0) is 16.9. The predicted octanol–water partition coefficient (Wildman–Crippen LogP) is 2.42. The smallest absolute Gasteiger partial charge is 0.250 e. The maximum absolute atomic E-state index is 13.0. The van der Waals surface area contributed by atoms with Crippen molar-refractivity contribution in [1.82, 2.24) is 8.87 Å². The van der Waals surface area contributed by atoms with E-state index in [9.17, 15) is 13.2 Å². The summed E-state index contributed by atoms with van der Waals surface area (Å²) < 4.78 is 30.1. The Balaban J connectivity index is 1.70. The van der Waals surface area contributed by atoms with Crippen molar-refractivity contribution in [2.24, 2.45) is 5.92 Å². The maximum Gasteiger partial charge on any atom is 0.250 e. The Kier molecular flexibility index (Phi) is 3.89. The van der Waals surface area contributed by atoms with Gasteiger partial charge in [0.25, 0.3) is 5.56 Å². The Hall–Kier alpha value is -1.44. The number of benzene rings is 1. The van der Waals surface area contributed by atoms with E-state index in [4.69, 9.17) is 0 Å². The molecule has 1 saturated heterocycles. The minimum atomic E-state index is -3.52. The molecule has 2 aliphatic rings. The van der Waals surface area contributed by atoms with Crippen LogP contribution in [0.3, 0.4) is 0 Å². The minimum Gasteiger partial charge on any atom is -0.312 e. The van der Waals surface area contributed by atoms with Crippen LogP contribution in [0.1, 0.15) is 18.0 Å². The molecule has 24 heavy (non-hydrogen) atoms. The minimum absolute atomic E-state index is 0.00509. The van der Waals surface area contributed by atoms with Gasteiger partial charge in [0, 0.05) is 41.8 Å². The summed E-state index contributed by atoms with van der Waals surface area (Å²) in [6.07, 6.45) is 0.938. The van der Waals surface area contributed by atoms with Crippen molar-refractivity contribution >= 4 is 26.0 Å². The van der Waals surface area contributed by atoms with Crippen LogP contribution in [0.25, 0.3) is 0 Å². The molecule has 1 fully saturated rings. The zero-order valence-electron chi connectivity index (χ0n) is 12.9. The van der Waals surface area contributed by atoms with Crippen molar-refractivity contribution in [3.63, 3.8) is 0 Å². The van der Waals surface area contributed by atoms with Crippen molar-refractivity contribution < 1.29 is 8.42 Å². The molecule has 2 bridgehead atoms. The highest BCUT2D eigenvalue weighted by Gasteiger charge is 2.39. The molecule has 2 aliphatic heterocycles. The number of piperidine rings is 1. The molecule has 3 heterocycles. The van der Waals surface area contributed by atoms with E-state index in [1.165, 1.54) is 0 Å². The van der Waals surface area contributed by atoms with Gasteiger partial charge in [0.2, 0.25) is 10.0 Å². The third kappa shape index (κ3) is 2.64. The van der Waals surface area contributed by atoms with Gasteiger partial charge in [-0.15, -0.1) is 0 Å². The second kappa shape index (κ2) is 5.82. The van der Waals surface area contributed by atoms with Gasteiger partial charge in [-0.3, -0.25) is 4.79 Å². The Labute approximate surface area is 149 Å². The van der Waals surface area contributed by atoms with Crippen molar-refractivity contribution in [1.29, 1.82) is 0 Å². The van der Waals surface area contributed by atoms with E-state index in [1.54, 1.807) is 34.6 Å². The summed E-state index contributed by atoms with van der Waals surface area (Å²) >= 11 is 3.34. The SMILES string of the molecule is O=c1cccc2n1C[C@H]1C[C@H]2CN(S(=O)(=O)c2cccc(Br)c2)C1. The normalized spacial score (nSPS) is 23.7. The molecule has 1 aromatic carbocycles. The molecule has 0 saturated carbocycles. The third-order valence-electron chi connectivity index (χ3n) is 4.88. The van der Waals surface area contributed by atoms with Gasteiger partial charge in [-0.25, -0.2) is 8.42 Å². The molecule has 126 valence electrons. The van der Waals surface area contributed by atoms with Gasteiger partial charge in [0.1, 0.15) is 0 Å². The lowest BCUT2D eigenvalue weighted by atomic mass is 9.84. The van der Waals surface area contributed by atoms with Crippen molar-refractivity contribution in [3.8, 4) is 0 Å². The van der Waals surface area contributed by atoms with Crippen molar-refractivity contribution in [2.75, 3.05) is 13.1 Å². The largest absolute Gasteiger partial charge is 0.312 e. The second-order valence-electron chi connectivity index (χ2n) is 6.48. The number of rotatable bonds is 2. The first kappa shape index (κ1) is 16.1. The Morgan fingerprint density at radius 2 is 1.83 bits per heavy atom. The van der Waals surface area contributed by atoms with Crippen LogP contribution in [0.5, 0.6) is 0 Å². The topological polar surface area (TPSA) is 59.4 Å². The Morgan fingerprint density at radius 1 is 1.04 bits per heavy atom. The number of aromatic nitrogens is 1. The van der Waals surface area contributed by atoms with E-state index >= 15 is 0 Å². The fraction of sp³-hybridized carbons (Fsp3) is 0.353. The molecule has 0 spiro atoms. The molecular weight excluding hydrogens is 392 g/mol. The van der Waals surface area contributed by atoms with Crippen LogP contribution in [-0.4, -0.2) is 30.4 Å². The number of hydrogen-bond acceptors (Lipinski definition) is 3. The molecule has 2 atom stereocenters. The number of sulfonamides is 1. The summed E-state index contributed by atoms with van der Waals surface area (Å²) in [6.45, 7) is 1.48. The van der Waals surface area contributed by atoms with Crippen LogP contribution in [0.2, 0.25) is 0 Å². The van der Waals surface area contributed by atoms with E-state index in [2.05, 4.69) is 15.9 Å². The fourth-order valence-electron chi connectivity index (χ4n) is 3.83. The first-order valence-corrected chi connectivity index (χ1v) is 10.1. The van der Waals surface area contributed by atoms with E-state index in [0.29, 0.717) is 24.5 Å². The number of pyridine rings is 1. The summed E-state index contributed by atoms with van der Waals surface area (Å²) in [5.74, 6) is 0.256. The monoisotopic (exact) mass is 408 g/mol. The quantitative estimate of drug-likeness (QED) is 0.766. The highest BCUT2D eigenvalue weighted by atomic mass is 79.9. The lowest BCUT2D eigenvalue weighted by Crippen LogP contribution is -2.48. The van der Waals surface area contributed by atoms with Gasteiger partial charge >= 0.3 is 0 Å². The standard InChI is InChI=1S/C17H17BrN2O3S/c18-14-3-1-4-15(8-14)24(22,23)19-9-12-7-13(11-19)16-5-2-6-17(21)20(16)10-12/h1-6,8,12-13H,7,9-11H2/t12-,13-/m0/s1. The molecule has 2 aromatic rings. The van der Waals surface area contributed by atoms with E-state index in [0.717, 1.165) is 16.6 Å². The molecule has 0 N–H and O–H groups in total. The van der Waals surface area contributed by atoms with Gasteiger partial charge < -0.3 is 4.57 Å². The third-order valence-corrected chi connectivity index (χ3v) is 7.20. The van der Waals surface area contributed by atoms with Crippen molar-refractivity contribution in [2.45, 2.75) is 23.8 Å². The molecule has 5 nitrogen and oxygen atoms in total. The Morgan fingerprint density at radius 3 is 2.62 bits per heavy atom. The summed E-state index contributed by atoms with van der Waals surface area (Å²) in [4.78, 5) is 12.4. The lowest BCUT2D eigenvalue weighted by Gasteiger charge is -2.42. The average molecular weight is 409 g/mol. The van der Waals surface area contributed by atoms with Crippen LogP contribution in [0.4, 0.5) is 0 Å². The summed E-state index contributed by atoms with van der Waals surface area (Å²) in [6, 6.07) is 12.1. The van der Waals surface area contributed by atoms with Crippen LogP contribution >= 0.6 is 15.9 Å². The summed E-state index contributed by atoms with van der Waals surface area (Å²) in [5.41, 5.74) is 0.957. The molecule has 4 rings (SSSR count). The van der Waals surface area contributed by atoms with Crippen molar-refractivity contribution in [3.05, 3.63) is 63.0 Å². The predicted molar refractivity (Wildman–Crippen MR) is 94.5 cm³/mol. The van der Waals surface area contributed by atoms with Crippen LogP contribution in [0, 0.1) is 5.92 Å². The van der Waals surface area contributed by atoms with Crippen LogP contribution in [0.15, 0.2) is 56.6 Å². The van der Waals surface area contributed by atoms with Crippen LogP contribution in [-0.2, 0) is 16.6 Å². The first-order valence-electron chi connectivity index (χ1n) is 7.90. The summed E-state index contributed by atoms with van der Waals surface area (Å²) in [7, 11) is -3.52. The average Bonchev–Trinajstić information content (AvgIpc) is 2.56. The number of hydrogen-bond donors (Lipinski definition) is 0. The van der Waals surface area contributed by atoms with Gasteiger partial charge in [-0.05, 0) is 36.6 Å². The zero-order valence-corrected chi connectivity index (χ0v) is 15.3. The van der Waals surface area contributed by atoms with Crippen LogP contribution < -0.4 is 5.56 Å². The summed E-state index contributed by atoms with van der Waals surface area (Å²) in [5, 5.41) is 0. The molecule has 0 amide bonds. The fourth-order valence-corrected chi connectivity index (χ4v) is 5.98. The maximum atomic E-state index is 13.0. The van der Waals surface area contributed by atoms with E-state index in [-0.39, 0.29) is 17.4 Å². The van der Waals surface area contributed by atoms with Gasteiger partial charge in [-0.2, -0.15) is 4.31 Å². The molecule has 1 aromatic heterocycles. The molecule has 0 unspecified atom stereocenters. The Bertz CT molecular complexity index is 954. The number of nitrogens with zero attached hydrogens (tertiary/aromatic N) is 2. The van der Waals surface area contributed by atoms with Gasteiger partial charge in [0.15, 0.2) is 0 Å². The highest BCUT2D eigenvalue weighted by Crippen LogP contribution is 2.37. The molecular formula is C17H17BrN2O3S. The highest BCUT2D eigenvalue weighted by molar-refractivity contribution is 9.10.